The smallest absolute Gasteiger partial charge is 0.268 e. The number of rotatable bonds is 3. The Morgan fingerprint density at radius 1 is 0.516 bits per heavy atom. The van der Waals surface area contributed by atoms with Gasteiger partial charge < -0.3 is 0 Å². The third-order valence-electron chi connectivity index (χ3n) is 4.94. The maximum atomic E-state index is 16.1. The van der Waals surface area contributed by atoms with E-state index in [1.807, 2.05) is 0 Å². The number of hydrogen-bond donors (Lipinski definition) is 0. The molecule has 0 saturated heterocycles. The van der Waals surface area contributed by atoms with Crippen LogP contribution in [0.3, 0.4) is 0 Å². The van der Waals surface area contributed by atoms with Crippen LogP contribution >= 0.6 is 0 Å². The van der Waals surface area contributed by atoms with Crippen LogP contribution in [0.1, 0.15) is 41.4 Å². The summed E-state index contributed by atoms with van der Waals surface area (Å²) >= 11 is 0. The molecule has 2 aromatic rings. The highest BCUT2D eigenvalue weighted by Gasteiger charge is 2.81. The fourth-order valence-electron chi connectivity index (χ4n) is 3.48. The van der Waals surface area contributed by atoms with Crippen LogP contribution in [0.2, 0.25) is 0 Å². The molecule has 0 radical (unpaired) electrons. The highest BCUT2D eigenvalue weighted by molar-refractivity contribution is 6.25. The molecule has 0 fully saturated rings. The highest BCUT2D eigenvalue weighted by atomic mass is 19.4. The first kappa shape index (κ1) is 20.6. The van der Waals surface area contributed by atoms with Gasteiger partial charge in [-0.3, -0.25) is 19.2 Å². The lowest BCUT2D eigenvalue weighted by Gasteiger charge is -2.43. The number of hydrogen-bond acceptors (Lipinski definition) is 4. The van der Waals surface area contributed by atoms with Crippen molar-refractivity contribution in [1.82, 2.24) is 9.80 Å². The second-order valence-electron chi connectivity index (χ2n) is 6.64. The zero-order chi connectivity index (χ0) is 22.9. The van der Waals surface area contributed by atoms with E-state index in [1.165, 1.54) is 0 Å². The van der Waals surface area contributed by atoms with Crippen molar-refractivity contribution in [3.63, 3.8) is 0 Å². The Bertz CT molecular complexity index is 1030. The molecule has 0 saturated carbocycles. The predicted octanol–water partition coefficient (Wildman–Crippen LogP) is 3.40. The molecule has 0 spiro atoms. The Labute approximate surface area is 168 Å². The van der Waals surface area contributed by atoms with E-state index in [0.717, 1.165) is 48.5 Å². The second kappa shape index (κ2) is 6.15. The average molecular weight is 442 g/mol. The minimum absolute atomic E-state index is 0.663. The number of fused-ring (bicyclic) bond motifs is 2. The van der Waals surface area contributed by atoms with Crippen LogP contribution in [0.5, 0.6) is 0 Å². The molecule has 2 heterocycles. The van der Waals surface area contributed by atoms with Gasteiger partial charge in [0.1, 0.15) is 0 Å². The van der Waals surface area contributed by atoms with Crippen LogP contribution in [0.25, 0.3) is 0 Å². The normalized spacial score (nSPS) is 16.8. The quantitative estimate of drug-likeness (QED) is 0.415. The Balaban J connectivity index is 1.98. The third-order valence-corrected chi connectivity index (χ3v) is 4.94. The van der Waals surface area contributed by atoms with E-state index in [9.17, 15) is 41.1 Å². The molecule has 12 heteroatoms. The molecule has 2 aliphatic rings. The molecule has 2 aromatic carbocycles. The number of amides is 4. The number of benzene rings is 2. The van der Waals surface area contributed by atoms with Crippen molar-refractivity contribution in [1.29, 1.82) is 0 Å². The molecule has 4 rings (SSSR count). The Morgan fingerprint density at radius 3 is 1.00 bits per heavy atom. The Kier molecular flexibility index (Phi) is 4.08. The summed E-state index contributed by atoms with van der Waals surface area (Å²) in [6, 6.07) is 8.28. The maximum Gasteiger partial charge on any atom is 0.461 e. The molecule has 0 atom stereocenters. The van der Waals surface area contributed by atoms with Gasteiger partial charge in [0, 0.05) is 0 Å². The van der Waals surface area contributed by atoms with Gasteiger partial charge in [-0.25, -0.2) is 9.80 Å². The van der Waals surface area contributed by atoms with E-state index in [4.69, 9.17) is 0 Å². The number of halogens is 6. The van der Waals surface area contributed by atoms with Crippen molar-refractivity contribution < 1.29 is 45.5 Å². The topological polar surface area (TPSA) is 74.8 Å². The van der Waals surface area contributed by atoms with E-state index in [0.29, 0.717) is 0 Å². The lowest BCUT2D eigenvalue weighted by atomic mass is 10.1. The number of imide groups is 2. The van der Waals surface area contributed by atoms with Crippen LogP contribution in [0.4, 0.5) is 26.3 Å². The first-order valence-corrected chi connectivity index (χ1v) is 8.45. The fraction of sp³-hybridized carbons (Fsp3) is 0.158. The van der Waals surface area contributed by atoms with Gasteiger partial charge >= 0.3 is 18.0 Å². The van der Waals surface area contributed by atoms with Gasteiger partial charge in [0.2, 0.25) is 0 Å². The van der Waals surface area contributed by atoms with Gasteiger partial charge in [0.25, 0.3) is 23.6 Å². The van der Waals surface area contributed by atoms with Crippen molar-refractivity contribution >= 4 is 23.6 Å². The molecule has 0 unspecified atom stereocenters. The van der Waals surface area contributed by atoms with Crippen molar-refractivity contribution in [2.45, 2.75) is 18.0 Å². The minimum Gasteiger partial charge on any atom is -0.268 e. The molecule has 4 amide bonds. The standard InChI is InChI=1S/C19H8F6N2O4/c20-17(21,18(22,23)24)19(25,26-13(28)9-5-1-2-6-10(9)14(26)29)27-15(30)11-7-3-4-8-12(11)16(27)31/h1-8H. The van der Waals surface area contributed by atoms with Crippen molar-refractivity contribution in [2.75, 3.05) is 0 Å². The number of carbonyl (C=O) groups is 4. The van der Waals surface area contributed by atoms with Crippen molar-refractivity contribution in [3.05, 3.63) is 70.8 Å². The molecule has 0 aromatic heterocycles. The van der Waals surface area contributed by atoms with E-state index >= 15 is 4.39 Å². The summed E-state index contributed by atoms with van der Waals surface area (Å²) in [6.45, 7) is 0. The molecule has 2 aliphatic heterocycles. The summed E-state index contributed by atoms with van der Waals surface area (Å²) in [6.07, 6.45) is -6.69. The maximum absolute atomic E-state index is 16.1. The molecule has 0 aliphatic carbocycles. The van der Waals surface area contributed by atoms with E-state index < -0.39 is 73.7 Å². The zero-order valence-corrected chi connectivity index (χ0v) is 14.9. The first-order chi connectivity index (χ1) is 14.4. The molecule has 31 heavy (non-hydrogen) atoms. The summed E-state index contributed by atoms with van der Waals surface area (Å²) in [5.74, 6) is -19.5. The summed E-state index contributed by atoms with van der Waals surface area (Å²) in [7, 11) is 0. The van der Waals surface area contributed by atoms with Crippen LogP contribution in [0.15, 0.2) is 48.5 Å². The van der Waals surface area contributed by atoms with Gasteiger partial charge in [0.15, 0.2) is 0 Å². The van der Waals surface area contributed by atoms with Crippen LogP contribution in [-0.2, 0) is 0 Å². The summed E-state index contributed by atoms with van der Waals surface area (Å²) in [5, 5.41) is 0. The first-order valence-electron chi connectivity index (χ1n) is 8.45. The van der Waals surface area contributed by atoms with E-state index in [2.05, 4.69) is 0 Å². The van der Waals surface area contributed by atoms with Gasteiger partial charge in [0.05, 0.1) is 22.3 Å². The molecular weight excluding hydrogens is 434 g/mol. The molecule has 6 nitrogen and oxygen atoms in total. The van der Waals surface area contributed by atoms with Crippen molar-refractivity contribution in [3.8, 4) is 0 Å². The minimum atomic E-state index is -6.69. The summed E-state index contributed by atoms with van der Waals surface area (Å²) in [5.41, 5.74) is -2.65. The number of alkyl halides is 6. The van der Waals surface area contributed by atoms with E-state index in [1.54, 1.807) is 0 Å². The molecule has 0 bridgehead atoms. The number of carbonyl (C=O) groups excluding carboxylic acids is 4. The lowest BCUT2D eigenvalue weighted by molar-refractivity contribution is -0.362. The molecular formula is C19H8F6N2O4. The van der Waals surface area contributed by atoms with Crippen LogP contribution < -0.4 is 0 Å². The highest BCUT2D eigenvalue weighted by Crippen LogP contribution is 2.52. The molecule has 160 valence electrons. The van der Waals surface area contributed by atoms with Gasteiger partial charge in [-0.05, 0) is 24.3 Å². The second-order valence-corrected chi connectivity index (χ2v) is 6.64. The van der Waals surface area contributed by atoms with Gasteiger partial charge in [-0.1, -0.05) is 24.3 Å². The predicted molar refractivity (Wildman–Crippen MR) is 88.7 cm³/mol. The Hall–Kier alpha value is -3.70. The lowest BCUT2D eigenvalue weighted by Crippen LogP contribution is -2.73. The number of nitrogens with zero attached hydrogens (tertiary/aromatic N) is 2. The van der Waals surface area contributed by atoms with Crippen molar-refractivity contribution in [2.24, 2.45) is 0 Å². The van der Waals surface area contributed by atoms with Gasteiger partial charge in [-0.2, -0.15) is 26.3 Å². The van der Waals surface area contributed by atoms with Gasteiger partial charge in [-0.15, -0.1) is 0 Å². The monoisotopic (exact) mass is 442 g/mol. The molecule has 0 N–H and O–H groups in total. The average Bonchev–Trinajstić information content (AvgIpc) is 3.12. The van der Waals surface area contributed by atoms with Crippen LogP contribution in [-0.4, -0.2) is 51.4 Å². The summed E-state index contributed by atoms with van der Waals surface area (Å²) < 4.78 is 85.3. The van der Waals surface area contributed by atoms with Crippen LogP contribution in [0, 0.1) is 0 Å². The fourth-order valence-corrected chi connectivity index (χ4v) is 3.48. The van der Waals surface area contributed by atoms with E-state index in [-0.39, 0.29) is 0 Å². The zero-order valence-electron chi connectivity index (χ0n) is 14.9. The third kappa shape index (κ3) is 2.41. The SMILES string of the molecule is O=C1c2ccccc2C(=O)N1C(F)(N1C(=O)c2ccccc2C1=O)C(F)(F)C(F)(F)F. The largest absolute Gasteiger partial charge is 0.461 e. The summed E-state index contributed by atoms with van der Waals surface area (Å²) in [4.78, 5) is 48.3. The Morgan fingerprint density at radius 2 is 0.774 bits per heavy atom.